The van der Waals surface area contributed by atoms with Crippen LogP contribution in [0, 0.1) is 0 Å². The van der Waals surface area contributed by atoms with E-state index in [0.717, 1.165) is 11.1 Å². The lowest BCUT2D eigenvalue weighted by Gasteiger charge is -2.22. The van der Waals surface area contributed by atoms with Crippen molar-refractivity contribution in [3.63, 3.8) is 0 Å². The molecule has 3 aromatic rings. The molecule has 0 spiro atoms. The molecule has 0 aromatic heterocycles. The standard InChI is InChI=1S/C23H19BO3/c1-23(2)19-11-13(21(25)17-5-3-4-6-18(17)22(26)27)7-9-15(19)16-10-8-14(24)12-20(16)23/h3-12H,24H2,1-2H3,(H,26,27). The minimum atomic E-state index is -1.09. The van der Waals surface area contributed by atoms with Crippen molar-refractivity contribution in [2.45, 2.75) is 19.3 Å². The van der Waals surface area contributed by atoms with E-state index in [9.17, 15) is 14.7 Å². The fourth-order valence-electron chi connectivity index (χ4n) is 4.02. The first kappa shape index (κ1) is 17.3. The van der Waals surface area contributed by atoms with Gasteiger partial charge in [0.1, 0.15) is 7.85 Å². The van der Waals surface area contributed by atoms with Crippen LogP contribution >= 0.6 is 0 Å². The Balaban J connectivity index is 1.84. The number of carbonyl (C=O) groups excluding carboxylic acids is 1. The molecule has 0 aliphatic heterocycles. The average Bonchev–Trinajstić information content (AvgIpc) is 2.88. The molecule has 1 N–H and O–H groups in total. The van der Waals surface area contributed by atoms with E-state index < -0.39 is 5.97 Å². The van der Waals surface area contributed by atoms with Crippen LogP contribution in [0.4, 0.5) is 0 Å². The van der Waals surface area contributed by atoms with E-state index in [1.807, 2.05) is 12.1 Å². The van der Waals surface area contributed by atoms with E-state index in [0.29, 0.717) is 5.56 Å². The maximum atomic E-state index is 13.0. The molecule has 27 heavy (non-hydrogen) atoms. The predicted molar refractivity (Wildman–Crippen MR) is 109 cm³/mol. The number of rotatable bonds is 3. The highest BCUT2D eigenvalue weighted by Gasteiger charge is 2.36. The maximum Gasteiger partial charge on any atom is 0.336 e. The summed E-state index contributed by atoms with van der Waals surface area (Å²) in [6, 6.07) is 18.5. The number of hydrogen-bond acceptors (Lipinski definition) is 2. The van der Waals surface area contributed by atoms with Crippen molar-refractivity contribution < 1.29 is 14.7 Å². The summed E-state index contributed by atoms with van der Waals surface area (Å²) in [7, 11) is 2.08. The van der Waals surface area contributed by atoms with Gasteiger partial charge in [-0.25, -0.2) is 4.79 Å². The largest absolute Gasteiger partial charge is 0.478 e. The van der Waals surface area contributed by atoms with Gasteiger partial charge in [-0.2, -0.15) is 0 Å². The van der Waals surface area contributed by atoms with Crippen LogP contribution in [-0.4, -0.2) is 24.7 Å². The highest BCUT2D eigenvalue weighted by molar-refractivity contribution is 6.32. The Morgan fingerprint density at radius 2 is 1.44 bits per heavy atom. The predicted octanol–water partition coefficient (Wildman–Crippen LogP) is 3.18. The van der Waals surface area contributed by atoms with E-state index in [1.165, 1.54) is 22.7 Å². The molecular weight excluding hydrogens is 335 g/mol. The van der Waals surface area contributed by atoms with Gasteiger partial charge in [0.05, 0.1) is 5.56 Å². The zero-order valence-electron chi connectivity index (χ0n) is 15.5. The Morgan fingerprint density at radius 3 is 2.11 bits per heavy atom. The van der Waals surface area contributed by atoms with Gasteiger partial charge in [-0.1, -0.05) is 67.8 Å². The SMILES string of the molecule is Bc1ccc2c(c1)C(C)(C)c1cc(C(=O)c3ccccc3C(=O)O)ccc1-2. The molecule has 3 nitrogen and oxygen atoms in total. The molecule has 0 amide bonds. The van der Waals surface area contributed by atoms with Gasteiger partial charge in [0.25, 0.3) is 0 Å². The molecule has 4 heteroatoms. The molecule has 0 saturated heterocycles. The van der Waals surface area contributed by atoms with Crippen LogP contribution in [0.3, 0.4) is 0 Å². The van der Waals surface area contributed by atoms with E-state index in [2.05, 4.69) is 39.9 Å². The molecule has 0 bridgehead atoms. The van der Waals surface area contributed by atoms with Crippen molar-refractivity contribution in [2.24, 2.45) is 0 Å². The molecule has 3 aromatic carbocycles. The normalized spacial score (nSPS) is 13.7. The molecule has 0 atom stereocenters. The van der Waals surface area contributed by atoms with E-state index in [-0.39, 0.29) is 22.3 Å². The van der Waals surface area contributed by atoms with Crippen LogP contribution in [-0.2, 0) is 5.41 Å². The van der Waals surface area contributed by atoms with Crippen LogP contribution in [0.1, 0.15) is 51.3 Å². The summed E-state index contributed by atoms with van der Waals surface area (Å²) in [5.41, 5.74) is 6.45. The monoisotopic (exact) mass is 354 g/mol. The van der Waals surface area contributed by atoms with Gasteiger partial charge in [0, 0.05) is 16.5 Å². The summed E-state index contributed by atoms with van der Waals surface area (Å²) in [6.07, 6.45) is 0. The highest BCUT2D eigenvalue weighted by Crippen LogP contribution is 2.48. The number of carbonyl (C=O) groups is 2. The van der Waals surface area contributed by atoms with Crippen molar-refractivity contribution >= 4 is 25.1 Å². The van der Waals surface area contributed by atoms with Crippen LogP contribution < -0.4 is 5.46 Å². The number of hydrogen-bond donors (Lipinski definition) is 1. The summed E-state index contributed by atoms with van der Waals surface area (Å²) in [5, 5.41) is 9.39. The summed E-state index contributed by atoms with van der Waals surface area (Å²) in [4.78, 5) is 24.5. The highest BCUT2D eigenvalue weighted by atomic mass is 16.4. The van der Waals surface area contributed by atoms with Crippen molar-refractivity contribution in [3.05, 3.63) is 88.5 Å². The Labute approximate surface area is 159 Å². The Bertz CT molecular complexity index is 1110. The van der Waals surface area contributed by atoms with E-state index in [1.54, 1.807) is 24.3 Å². The number of carboxylic acid groups (broad SMARTS) is 1. The second-order valence-electron chi connectivity index (χ2n) is 7.61. The average molecular weight is 354 g/mol. The Kier molecular flexibility index (Phi) is 3.81. The first-order chi connectivity index (χ1) is 12.8. The summed E-state index contributed by atoms with van der Waals surface area (Å²) < 4.78 is 0. The molecule has 0 heterocycles. The first-order valence-corrected chi connectivity index (χ1v) is 8.94. The van der Waals surface area contributed by atoms with Gasteiger partial charge in [0.2, 0.25) is 0 Å². The molecule has 1 aliphatic rings. The van der Waals surface area contributed by atoms with Crippen molar-refractivity contribution in [3.8, 4) is 11.1 Å². The molecule has 0 unspecified atom stereocenters. The maximum absolute atomic E-state index is 13.0. The fourth-order valence-corrected chi connectivity index (χ4v) is 4.02. The van der Waals surface area contributed by atoms with Crippen LogP contribution in [0.15, 0.2) is 60.7 Å². The smallest absolute Gasteiger partial charge is 0.336 e. The van der Waals surface area contributed by atoms with Gasteiger partial charge >= 0.3 is 5.97 Å². The van der Waals surface area contributed by atoms with E-state index >= 15 is 0 Å². The minimum Gasteiger partial charge on any atom is -0.478 e. The Hall–Kier alpha value is -3.14. The molecule has 132 valence electrons. The lowest BCUT2D eigenvalue weighted by molar-refractivity contribution is 0.0693. The number of aromatic carboxylic acids is 1. The van der Waals surface area contributed by atoms with Gasteiger partial charge in [-0.15, -0.1) is 0 Å². The van der Waals surface area contributed by atoms with Gasteiger partial charge in [0.15, 0.2) is 5.78 Å². The van der Waals surface area contributed by atoms with Crippen molar-refractivity contribution in [2.75, 3.05) is 0 Å². The third-order valence-electron chi connectivity index (χ3n) is 5.50. The van der Waals surface area contributed by atoms with Gasteiger partial charge in [-0.05, 0) is 34.4 Å². The van der Waals surface area contributed by atoms with Crippen LogP contribution in [0.5, 0.6) is 0 Å². The van der Waals surface area contributed by atoms with Gasteiger partial charge < -0.3 is 5.11 Å². The minimum absolute atomic E-state index is 0.0289. The summed E-state index contributed by atoms with van der Waals surface area (Å²) >= 11 is 0. The zero-order valence-corrected chi connectivity index (χ0v) is 15.5. The lowest BCUT2D eigenvalue weighted by atomic mass is 9.79. The second kappa shape index (κ2) is 5.95. The molecular formula is C23H19BO3. The number of fused-ring (bicyclic) bond motifs is 3. The van der Waals surface area contributed by atoms with E-state index in [4.69, 9.17) is 0 Å². The molecule has 0 saturated carbocycles. The molecule has 0 fully saturated rings. The number of carboxylic acids is 1. The quantitative estimate of drug-likeness (QED) is 0.581. The number of benzene rings is 3. The third kappa shape index (κ3) is 2.60. The fraction of sp³-hybridized carbons (Fsp3) is 0.130. The molecule has 0 radical (unpaired) electrons. The first-order valence-electron chi connectivity index (χ1n) is 8.94. The Morgan fingerprint density at radius 1 is 0.852 bits per heavy atom. The number of ketones is 1. The van der Waals surface area contributed by atoms with Crippen molar-refractivity contribution in [1.82, 2.24) is 0 Å². The summed E-state index contributed by atoms with van der Waals surface area (Å²) in [6.45, 7) is 4.33. The van der Waals surface area contributed by atoms with Crippen LogP contribution in [0.25, 0.3) is 11.1 Å². The van der Waals surface area contributed by atoms with Gasteiger partial charge in [-0.3, -0.25) is 4.79 Å². The third-order valence-corrected chi connectivity index (χ3v) is 5.50. The second-order valence-corrected chi connectivity index (χ2v) is 7.61. The lowest BCUT2D eigenvalue weighted by Crippen LogP contribution is -2.18. The summed E-state index contributed by atoms with van der Waals surface area (Å²) in [5.74, 6) is -1.36. The topological polar surface area (TPSA) is 54.4 Å². The molecule has 1 aliphatic carbocycles. The van der Waals surface area contributed by atoms with Crippen LogP contribution in [0.2, 0.25) is 0 Å². The molecule has 4 rings (SSSR count). The van der Waals surface area contributed by atoms with Crippen molar-refractivity contribution in [1.29, 1.82) is 0 Å². The zero-order chi connectivity index (χ0) is 19.3.